The Hall–Kier alpha value is -2.23. The average Bonchev–Trinajstić information content (AvgIpc) is 2.77. The van der Waals surface area contributed by atoms with Gasteiger partial charge in [0.25, 0.3) is 0 Å². The maximum Gasteiger partial charge on any atom is 0.233 e. The molecule has 0 aromatic carbocycles. The summed E-state index contributed by atoms with van der Waals surface area (Å²) in [4.78, 5) is 12.6. The van der Waals surface area contributed by atoms with Crippen molar-refractivity contribution in [1.29, 1.82) is 0 Å². The van der Waals surface area contributed by atoms with Crippen molar-refractivity contribution in [3.8, 4) is 11.3 Å². The van der Waals surface area contributed by atoms with Gasteiger partial charge in [0.1, 0.15) is 0 Å². The Bertz CT molecular complexity index is 586. The van der Waals surface area contributed by atoms with Gasteiger partial charge in [0.15, 0.2) is 0 Å². The minimum Gasteiger partial charge on any atom is -0.291 e. The lowest BCUT2D eigenvalue weighted by Gasteiger charge is -1.99. The van der Waals surface area contributed by atoms with Gasteiger partial charge in [0, 0.05) is 36.5 Å². The van der Waals surface area contributed by atoms with E-state index in [0.29, 0.717) is 5.78 Å². The molecule has 0 radical (unpaired) electrons. The lowest BCUT2D eigenvalue weighted by atomic mass is 10.2. The zero-order valence-electron chi connectivity index (χ0n) is 7.91. The first-order valence-electron chi connectivity index (χ1n) is 4.63. The summed E-state index contributed by atoms with van der Waals surface area (Å²) < 4.78 is 1.88. The molecule has 0 fully saturated rings. The van der Waals surface area contributed by atoms with Crippen molar-refractivity contribution in [2.24, 2.45) is 0 Å². The van der Waals surface area contributed by atoms with E-state index in [2.05, 4.69) is 15.0 Å². The Kier molecular flexibility index (Phi) is 1.71. The summed E-state index contributed by atoms with van der Waals surface area (Å²) in [6.07, 6.45) is 9.12. The zero-order valence-corrected chi connectivity index (χ0v) is 7.91. The molecule has 3 aromatic rings. The Morgan fingerprint density at radius 1 is 1.00 bits per heavy atom. The molecule has 0 N–H and O–H groups in total. The summed E-state index contributed by atoms with van der Waals surface area (Å²) in [7, 11) is 0. The van der Waals surface area contributed by atoms with Gasteiger partial charge in [-0.1, -0.05) is 6.07 Å². The molecule has 15 heavy (non-hydrogen) atoms. The molecule has 0 saturated heterocycles. The summed E-state index contributed by atoms with van der Waals surface area (Å²) in [5.74, 6) is 0.703. The molecule has 4 nitrogen and oxygen atoms in total. The minimum atomic E-state index is 0.703. The summed E-state index contributed by atoms with van der Waals surface area (Å²) in [6.45, 7) is 0. The molecule has 0 amide bonds. The van der Waals surface area contributed by atoms with E-state index < -0.39 is 0 Å². The smallest absolute Gasteiger partial charge is 0.233 e. The third-order valence-electron chi connectivity index (χ3n) is 2.21. The van der Waals surface area contributed by atoms with Crippen LogP contribution in [0.5, 0.6) is 0 Å². The van der Waals surface area contributed by atoms with E-state index >= 15 is 0 Å². The third kappa shape index (κ3) is 1.36. The Balaban J connectivity index is 2.19. The van der Waals surface area contributed by atoms with Crippen LogP contribution >= 0.6 is 0 Å². The Morgan fingerprint density at radius 3 is 2.87 bits per heavy atom. The van der Waals surface area contributed by atoms with Gasteiger partial charge in [-0.3, -0.25) is 9.38 Å². The molecule has 0 atom stereocenters. The summed E-state index contributed by atoms with van der Waals surface area (Å²) in [5.41, 5.74) is 1.90. The lowest BCUT2D eigenvalue weighted by Crippen LogP contribution is -1.90. The highest BCUT2D eigenvalue weighted by Gasteiger charge is 2.00. The number of hydrogen-bond donors (Lipinski definition) is 0. The number of fused-ring (bicyclic) bond motifs is 1. The average molecular weight is 196 g/mol. The fraction of sp³-hybridized carbons (Fsp3) is 0. The van der Waals surface area contributed by atoms with Crippen molar-refractivity contribution in [2.45, 2.75) is 0 Å². The highest BCUT2D eigenvalue weighted by molar-refractivity contribution is 5.57. The molecule has 72 valence electrons. The van der Waals surface area contributed by atoms with E-state index in [-0.39, 0.29) is 0 Å². The first-order chi connectivity index (χ1) is 7.43. The zero-order chi connectivity index (χ0) is 10.1. The van der Waals surface area contributed by atoms with Gasteiger partial charge < -0.3 is 0 Å². The first-order valence-corrected chi connectivity index (χ1v) is 4.63. The fourth-order valence-corrected chi connectivity index (χ4v) is 1.48. The second kappa shape index (κ2) is 3.16. The Morgan fingerprint density at radius 2 is 2.00 bits per heavy atom. The quantitative estimate of drug-likeness (QED) is 0.596. The summed E-state index contributed by atoms with van der Waals surface area (Å²) in [6, 6.07) is 5.81. The molecular weight excluding hydrogens is 188 g/mol. The molecule has 0 spiro atoms. The van der Waals surface area contributed by atoms with Crippen molar-refractivity contribution >= 4 is 5.78 Å². The molecule has 3 rings (SSSR count). The molecule has 0 unspecified atom stereocenters. The van der Waals surface area contributed by atoms with Crippen molar-refractivity contribution in [3.63, 3.8) is 0 Å². The van der Waals surface area contributed by atoms with E-state index in [4.69, 9.17) is 0 Å². The van der Waals surface area contributed by atoms with Crippen LogP contribution in [0.4, 0.5) is 0 Å². The molecule has 3 heterocycles. The standard InChI is InChI=1S/C11H8N4/c1-2-4-12-10(3-1)9-7-14-11-13-5-6-15(11)8-9/h1-8H. The van der Waals surface area contributed by atoms with Crippen LogP contribution in [0.1, 0.15) is 0 Å². The van der Waals surface area contributed by atoms with Gasteiger partial charge in [-0.25, -0.2) is 9.97 Å². The van der Waals surface area contributed by atoms with Crippen LogP contribution in [0.3, 0.4) is 0 Å². The highest BCUT2D eigenvalue weighted by atomic mass is 15.1. The van der Waals surface area contributed by atoms with Crippen LogP contribution in [0.15, 0.2) is 49.2 Å². The second-order valence-electron chi connectivity index (χ2n) is 3.19. The highest BCUT2D eigenvalue weighted by Crippen LogP contribution is 2.14. The van der Waals surface area contributed by atoms with Crippen molar-refractivity contribution in [1.82, 2.24) is 19.4 Å². The van der Waals surface area contributed by atoms with Crippen LogP contribution in [0.2, 0.25) is 0 Å². The number of rotatable bonds is 1. The number of aromatic nitrogens is 4. The third-order valence-corrected chi connectivity index (χ3v) is 2.21. The molecule has 0 aliphatic heterocycles. The van der Waals surface area contributed by atoms with Crippen LogP contribution in [0.25, 0.3) is 17.0 Å². The fourth-order valence-electron chi connectivity index (χ4n) is 1.48. The van der Waals surface area contributed by atoms with Gasteiger partial charge in [-0.2, -0.15) is 0 Å². The maximum absolute atomic E-state index is 4.27. The van der Waals surface area contributed by atoms with E-state index in [9.17, 15) is 0 Å². The Labute approximate surface area is 86.3 Å². The SMILES string of the molecule is c1ccc(-c2cnc3nccn3c2)nc1. The van der Waals surface area contributed by atoms with Gasteiger partial charge >= 0.3 is 0 Å². The normalized spacial score (nSPS) is 10.7. The van der Waals surface area contributed by atoms with Crippen molar-refractivity contribution < 1.29 is 0 Å². The van der Waals surface area contributed by atoms with Gasteiger partial charge in [-0.05, 0) is 12.1 Å². The van der Waals surface area contributed by atoms with Gasteiger partial charge in [-0.15, -0.1) is 0 Å². The molecule has 4 heteroatoms. The van der Waals surface area contributed by atoms with Gasteiger partial charge in [0.2, 0.25) is 5.78 Å². The molecular formula is C11H8N4. The number of nitrogens with zero attached hydrogens (tertiary/aromatic N) is 4. The van der Waals surface area contributed by atoms with E-state index in [1.807, 2.05) is 35.0 Å². The van der Waals surface area contributed by atoms with Crippen LogP contribution < -0.4 is 0 Å². The van der Waals surface area contributed by atoms with E-state index in [1.54, 1.807) is 18.6 Å². The predicted octanol–water partition coefficient (Wildman–Crippen LogP) is 1.79. The largest absolute Gasteiger partial charge is 0.291 e. The van der Waals surface area contributed by atoms with Crippen LogP contribution in [-0.2, 0) is 0 Å². The number of imidazole rings is 1. The topological polar surface area (TPSA) is 43.1 Å². The summed E-state index contributed by atoms with van der Waals surface area (Å²) in [5, 5.41) is 0. The van der Waals surface area contributed by atoms with Crippen LogP contribution in [0, 0.1) is 0 Å². The van der Waals surface area contributed by atoms with E-state index in [0.717, 1.165) is 11.3 Å². The monoisotopic (exact) mass is 196 g/mol. The first kappa shape index (κ1) is 8.11. The van der Waals surface area contributed by atoms with Crippen LogP contribution in [-0.4, -0.2) is 19.4 Å². The second-order valence-corrected chi connectivity index (χ2v) is 3.19. The summed E-state index contributed by atoms with van der Waals surface area (Å²) >= 11 is 0. The molecule has 0 bridgehead atoms. The number of pyridine rings is 1. The molecule has 0 aliphatic carbocycles. The lowest BCUT2D eigenvalue weighted by molar-refractivity contribution is 1.10. The maximum atomic E-state index is 4.27. The number of hydrogen-bond acceptors (Lipinski definition) is 3. The minimum absolute atomic E-state index is 0.703. The predicted molar refractivity (Wildman–Crippen MR) is 56.2 cm³/mol. The van der Waals surface area contributed by atoms with E-state index in [1.165, 1.54) is 0 Å². The van der Waals surface area contributed by atoms with Gasteiger partial charge in [0.05, 0.1) is 5.69 Å². The molecule has 0 aliphatic rings. The molecule has 3 aromatic heterocycles. The molecule has 0 saturated carbocycles. The van der Waals surface area contributed by atoms with Crippen molar-refractivity contribution in [3.05, 3.63) is 49.2 Å². The van der Waals surface area contributed by atoms with Crippen molar-refractivity contribution in [2.75, 3.05) is 0 Å².